The third-order valence-electron chi connectivity index (χ3n) is 4.43. The minimum absolute atomic E-state index is 0.659. The van der Waals surface area contributed by atoms with Gasteiger partial charge in [-0.2, -0.15) is 0 Å². The second kappa shape index (κ2) is 5.25. The highest BCUT2D eigenvalue weighted by molar-refractivity contribution is 5.40. The van der Waals surface area contributed by atoms with Gasteiger partial charge in [0.25, 0.3) is 0 Å². The fraction of sp³-hybridized carbons (Fsp3) is 0.500. The molecule has 2 aliphatic rings. The molecule has 0 aliphatic heterocycles. The molecule has 2 aliphatic carbocycles. The smallest absolute Gasteiger partial charge is 0.127 e. The van der Waals surface area contributed by atoms with Crippen LogP contribution >= 0.6 is 0 Å². The first-order chi connectivity index (χ1) is 9.31. The van der Waals surface area contributed by atoms with Crippen LogP contribution in [-0.2, 0) is 6.54 Å². The van der Waals surface area contributed by atoms with Gasteiger partial charge >= 0.3 is 0 Å². The van der Waals surface area contributed by atoms with Crippen molar-refractivity contribution >= 4 is 0 Å². The summed E-state index contributed by atoms with van der Waals surface area (Å²) in [5, 5.41) is 3.66. The molecule has 3 atom stereocenters. The molecule has 19 heavy (non-hydrogen) atoms. The second-order valence-corrected chi connectivity index (χ2v) is 5.39. The standard InChI is InChI=1S/C16H21NO2/c1-18-13-7-6-12(16(9-13)19-2)10-17-15-8-11-4-3-5-14(11)15/h3-4,6-7,9,11,14-15,17H,5,8,10H2,1-2H3/t11-,14?,15+/m0/s1. The maximum Gasteiger partial charge on any atom is 0.127 e. The summed E-state index contributed by atoms with van der Waals surface area (Å²) in [5.74, 6) is 3.39. The highest BCUT2D eigenvalue weighted by atomic mass is 16.5. The number of benzene rings is 1. The van der Waals surface area contributed by atoms with Crippen molar-refractivity contribution in [2.45, 2.75) is 25.4 Å². The Morgan fingerprint density at radius 3 is 2.89 bits per heavy atom. The highest BCUT2D eigenvalue weighted by Crippen LogP contribution is 2.42. The van der Waals surface area contributed by atoms with E-state index in [1.165, 1.54) is 18.4 Å². The van der Waals surface area contributed by atoms with Crippen molar-refractivity contribution in [3.8, 4) is 11.5 Å². The third-order valence-corrected chi connectivity index (χ3v) is 4.43. The summed E-state index contributed by atoms with van der Waals surface area (Å²) < 4.78 is 10.6. The van der Waals surface area contributed by atoms with E-state index in [0.29, 0.717) is 6.04 Å². The molecular weight excluding hydrogens is 238 g/mol. The van der Waals surface area contributed by atoms with Crippen LogP contribution in [0.25, 0.3) is 0 Å². The van der Waals surface area contributed by atoms with Crippen molar-refractivity contribution in [1.82, 2.24) is 5.32 Å². The number of allylic oxidation sites excluding steroid dienone is 2. The zero-order chi connectivity index (χ0) is 13.2. The topological polar surface area (TPSA) is 30.5 Å². The largest absolute Gasteiger partial charge is 0.497 e. The summed E-state index contributed by atoms with van der Waals surface area (Å²) in [5.41, 5.74) is 1.19. The van der Waals surface area contributed by atoms with Crippen LogP contribution in [0.1, 0.15) is 18.4 Å². The van der Waals surface area contributed by atoms with Gasteiger partial charge in [0.15, 0.2) is 0 Å². The molecule has 3 nitrogen and oxygen atoms in total. The Balaban J connectivity index is 1.60. The number of fused-ring (bicyclic) bond motifs is 1. The van der Waals surface area contributed by atoms with Crippen LogP contribution in [0.4, 0.5) is 0 Å². The van der Waals surface area contributed by atoms with Gasteiger partial charge in [-0.3, -0.25) is 0 Å². The van der Waals surface area contributed by atoms with E-state index < -0.39 is 0 Å². The number of nitrogens with one attached hydrogen (secondary N) is 1. The Labute approximate surface area is 114 Å². The number of rotatable bonds is 5. The molecule has 0 spiro atoms. The summed E-state index contributed by atoms with van der Waals surface area (Å²) in [4.78, 5) is 0. The number of ether oxygens (including phenoxy) is 2. The van der Waals surface area contributed by atoms with Crippen LogP contribution in [0.15, 0.2) is 30.4 Å². The van der Waals surface area contributed by atoms with Crippen molar-refractivity contribution in [2.24, 2.45) is 11.8 Å². The lowest BCUT2D eigenvalue weighted by Gasteiger charge is -2.41. The minimum atomic E-state index is 0.659. The van der Waals surface area contributed by atoms with E-state index in [1.54, 1.807) is 14.2 Å². The summed E-state index contributed by atoms with van der Waals surface area (Å²) in [7, 11) is 3.38. The molecule has 0 radical (unpaired) electrons. The molecule has 1 saturated carbocycles. The van der Waals surface area contributed by atoms with Gasteiger partial charge in [-0.05, 0) is 30.7 Å². The third kappa shape index (κ3) is 2.35. The molecule has 1 unspecified atom stereocenters. The van der Waals surface area contributed by atoms with E-state index in [2.05, 4.69) is 23.5 Å². The maximum atomic E-state index is 5.43. The molecule has 1 N–H and O–H groups in total. The summed E-state index contributed by atoms with van der Waals surface area (Å²) in [6.45, 7) is 0.862. The Kier molecular flexibility index (Phi) is 3.47. The van der Waals surface area contributed by atoms with Gasteiger partial charge < -0.3 is 14.8 Å². The molecule has 3 rings (SSSR count). The van der Waals surface area contributed by atoms with Gasteiger partial charge in [0.05, 0.1) is 14.2 Å². The molecule has 102 valence electrons. The molecule has 0 aromatic heterocycles. The van der Waals surface area contributed by atoms with Crippen LogP contribution in [0, 0.1) is 11.8 Å². The first-order valence-corrected chi connectivity index (χ1v) is 6.92. The minimum Gasteiger partial charge on any atom is -0.497 e. The fourth-order valence-electron chi connectivity index (χ4n) is 3.19. The van der Waals surface area contributed by atoms with Crippen molar-refractivity contribution in [3.05, 3.63) is 35.9 Å². The van der Waals surface area contributed by atoms with Gasteiger partial charge in [-0.25, -0.2) is 0 Å². The summed E-state index contributed by atoms with van der Waals surface area (Å²) in [6, 6.07) is 6.66. The van der Waals surface area contributed by atoms with E-state index in [-0.39, 0.29) is 0 Å². The molecule has 1 fully saturated rings. The predicted octanol–water partition coefficient (Wildman–Crippen LogP) is 2.76. The fourth-order valence-corrected chi connectivity index (χ4v) is 3.19. The average Bonchev–Trinajstić information content (AvgIpc) is 2.80. The average molecular weight is 259 g/mol. The monoisotopic (exact) mass is 259 g/mol. The van der Waals surface area contributed by atoms with Crippen LogP contribution in [-0.4, -0.2) is 20.3 Å². The first kappa shape index (κ1) is 12.5. The number of hydrogen-bond donors (Lipinski definition) is 1. The first-order valence-electron chi connectivity index (χ1n) is 6.92. The molecule has 0 bridgehead atoms. The molecule has 0 saturated heterocycles. The SMILES string of the molecule is COc1ccc(CN[C@@H]2C[C@@H]3C=CCC32)c(OC)c1. The van der Waals surface area contributed by atoms with Crippen molar-refractivity contribution < 1.29 is 9.47 Å². The van der Waals surface area contributed by atoms with Crippen molar-refractivity contribution in [2.75, 3.05) is 14.2 Å². The van der Waals surface area contributed by atoms with Crippen LogP contribution in [0.3, 0.4) is 0 Å². The normalized spacial score (nSPS) is 27.8. The van der Waals surface area contributed by atoms with E-state index in [0.717, 1.165) is 29.9 Å². The van der Waals surface area contributed by atoms with E-state index in [4.69, 9.17) is 9.47 Å². The molecule has 1 aromatic carbocycles. The number of methoxy groups -OCH3 is 2. The summed E-state index contributed by atoms with van der Waals surface area (Å²) in [6.07, 6.45) is 7.21. The zero-order valence-corrected chi connectivity index (χ0v) is 11.6. The van der Waals surface area contributed by atoms with Gasteiger partial charge in [-0.1, -0.05) is 18.2 Å². The Morgan fingerprint density at radius 2 is 2.16 bits per heavy atom. The predicted molar refractivity (Wildman–Crippen MR) is 75.5 cm³/mol. The van der Waals surface area contributed by atoms with E-state index >= 15 is 0 Å². The Bertz CT molecular complexity index is 484. The Morgan fingerprint density at radius 1 is 1.26 bits per heavy atom. The molecule has 1 aromatic rings. The van der Waals surface area contributed by atoms with E-state index in [1.807, 2.05) is 12.1 Å². The molecular formula is C16H21NO2. The zero-order valence-electron chi connectivity index (χ0n) is 11.6. The van der Waals surface area contributed by atoms with Crippen LogP contribution < -0.4 is 14.8 Å². The van der Waals surface area contributed by atoms with Crippen molar-refractivity contribution in [3.63, 3.8) is 0 Å². The van der Waals surface area contributed by atoms with Crippen molar-refractivity contribution in [1.29, 1.82) is 0 Å². The quantitative estimate of drug-likeness (QED) is 0.825. The second-order valence-electron chi connectivity index (χ2n) is 5.39. The lowest BCUT2D eigenvalue weighted by molar-refractivity contribution is 0.158. The highest BCUT2D eigenvalue weighted by Gasteiger charge is 2.40. The molecule has 0 heterocycles. The molecule has 3 heteroatoms. The van der Waals surface area contributed by atoms with Gasteiger partial charge in [-0.15, -0.1) is 0 Å². The van der Waals surface area contributed by atoms with Gasteiger partial charge in [0.1, 0.15) is 11.5 Å². The summed E-state index contributed by atoms with van der Waals surface area (Å²) >= 11 is 0. The Hall–Kier alpha value is -1.48. The van der Waals surface area contributed by atoms with Crippen LogP contribution in [0.5, 0.6) is 11.5 Å². The van der Waals surface area contributed by atoms with E-state index in [9.17, 15) is 0 Å². The number of hydrogen-bond acceptors (Lipinski definition) is 3. The maximum absolute atomic E-state index is 5.43. The molecule has 0 amide bonds. The van der Waals surface area contributed by atoms with Gasteiger partial charge in [0.2, 0.25) is 0 Å². The lowest BCUT2D eigenvalue weighted by Crippen LogP contribution is -2.47. The van der Waals surface area contributed by atoms with Crippen LogP contribution in [0.2, 0.25) is 0 Å². The lowest BCUT2D eigenvalue weighted by atomic mass is 9.71. The van der Waals surface area contributed by atoms with Gasteiger partial charge in [0, 0.05) is 24.2 Å².